The van der Waals surface area contributed by atoms with Crippen LogP contribution in [0.25, 0.3) is 0 Å². The Labute approximate surface area is 116 Å². The number of nitrogens with one attached hydrogen (secondary N) is 1. The van der Waals surface area contributed by atoms with E-state index in [4.69, 9.17) is 15.2 Å². The third kappa shape index (κ3) is 6.33. The van der Waals surface area contributed by atoms with Gasteiger partial charge in [-0.25, -0.2) is 0 Å². The monoisotopic (exact) mass is 275 g/mol. The summed E-state index contributed by atoms with van der Waals surface area (Å²) >= 11 is 0. The number of nitrogens with two attached hydrogens (primary N) is 1. The highest BCUT2D eigenvalue weighted by molar-refractivity contribution is 5.84. The van der Waals surface area contributed by atoms with E-state index in [1.807, 2.05) is 0 Å². The standard InChI is InChI=1S/C13H29N3O3/c1-6-16(7-2)9-8-15-13(3,12(14)17)10-11(18-4)19-5/h11,15H,6-10H2,1-5H3,(H2,14,17). The van der Waals surface area contributed by atoms with Gasteiger partial charge in [-0.3, -0.25) is 4.79 Å². The lowest BCUT2D eigenvalue weighted by Gasteiger charge is -2.31. The van der Waals surface area contributed by atoms with Crippen LogP contribution in [0.15, 0.2) is 0 Å². The van der Waals surface area contributed by atoms with Crippen molar-refractivity contribution in [1.82, 2.24) is 10.2 Å². The van der Waals surface area contributed by atoms with Gasteiger partial charge in [0.1, 0.15) is 0 Å². The number of carbonyl (C=O) groups excluding carboxylic acids is 1. The predicted molar refractivity (Wildman–Crippen MR) is 75.8 cm³/mol. The maximum absolute atomic E-state index is 11.6. The average molecular weight is 275 g/mol. The number of carbonyl (C=O) groups is 1. The molecule has 0 bridgehead atoms. The molecule has 0 aromatic carbocycles. The van der Waals surface area contributed by atoms with E-state index >= 15 is 0 Å². The minimum absolute atomic E-state index is 0.383. The number of nitrogens with zero attached hydrogens (tertiary/aromatic N) is 1. The molecule has 1 amide bonds. The van der Waals surface area contributed by atoms with E-state index in [1.165, 1.54) is 0 Å². The van der Waals surface area contributed by atoms with Gasteiger partial charge in [-0.2, -0.15) is 0 Å². The molecule has 0 aromatic rings. The van der Waals surface area contributed by atoms with Crippen LogP contribution in [-0.2, 0) is 14.3 Å². The van der Waals surface area contributed by atoms with Crippen LogP contribution in [0.2, 0.25) is 0 Å². The first-order valence-electron chi connectivity index (χ1n) is 6.76. The normalized spacial score (nSPS) is 14.9. The van der Waals surface area contributed by atoms with E-state index < -0.39 is 17.7 Å². The van der Waals surface area contributed by atoms with Crippen molar-refractivity contribution in [3.63, 3.8) is 0 Å². The van der Waals surface area contributed by atoms with Crippen molar-refractivity contribution < 1.29 is 14.3 Å². The van der Waals surface area contributed by atoms with Crippen LogP contribution in [0.1, 0.15) is 27.2 Å². The van der Waals surface area contributed by atoms with Crippen LogP contribution >= 0.6 is 0 Å². The van der Waals surface area contributed by atoms with Crippen LogP contribution in [0.5, 0.6) is 0 Å². The van der Waals surface area contributed by atoms with E-state index in [-0.39, 0.29) is 0 Å². The molecule has 0 aliphatic carbocycles. The summed E-state index contributed by atoms with van der Waals surface area (Å²) in [6, 6.07) is 0. The van der Waals surface area contributed by atoms with Crippen molar-refractivity contribution in [3.8, 4) is 0 Å². The van der Waals surface area contributed by atoms with E-state index in [0.717, 1.165) is 19.6 Å². The van der Waals surface area contributed by atoms with E-state index in [9.17, 15) is 4.79 Å². The Morgan fingerprint density at radius 1 is 1.32 bits per heavy atom. The van der Waals surface area contributed by atoms with Gasteiger partial charge in [-0.05, 0) is 20.0 Å². The summed E-state index contributed by atoms with van der Waals surface area (Å²) in [6.45, 7) is 9.56. The molecule has 0 heterocycles. The zero-order valence-electron chi connectivity index (χ0n) is 12.9. The molecule has 6 heteroatoms. The lowest BCUT2D eigenvalue weighted by molar-refractivity contribution is -0.138. The molecule has 19 heavy (non-hydrogen) atoms. The summed E-state index contributed by atoms with van der Waals surface area (Å²) in [5, 5.41) is 3.22. The predicted octanol–water partition coefficient (Wildman–Crippen LogP) is 0.171. The molecule has 6 nitrogen and oxygen atoms in total. The highest BCUT2D eigenvalue weighted by Crippen LogP contribution is 2.14. The first-order valence-corrected chi connectivity index (χ1v) is 6.76. The molecule has 1 unspecified atom stereocenters. The smallest absolute Gasteiger partial charge is 0.237 e. The third-order valence-electron chi connectivity index (χ3n) is 3.48. The molecule has 3 N–H and O–H groups in total. The SMILES string of the molecule is CCN(CC)CCNC(C)(CC(OC)OC)C(N)=O. The van der Waals surface area contributed by atoms with Gasteiger partial charge in [0.25, 0.3) is 0 Å². The van der Waals surface area contributed by atoms with Crippen LogP contribution in [0.3, 0.4) is 0 Å². The van der Waals surface area contributed by atoms with Crippen molar-refractivity contribution in [2.45, 2.75) is 39.0 Å². The second kappa shape index (κ2) is 9.25. The quantitative estimate of drug-likeness (QED) is 0.526. The number of hydrogen-bond donors (Lipinski definition) is 2. The topological polar surface area (TPSA) is 76.8 Å². The lowest BCUT2D eigenvalue weighted by atomic mass is 9.96. The molecule has 1 atom stereocenters. The van der Waals surface area contributed by atoms with Crippen LogP contribution < -0.4 is 11.1 Å². The second-order valence-electron chi connectivity index (χ2n) is 4.76. The fourth-order valence-electron chi connectivity index (χ4n) is 1.89. The van der Waals surface area contributed by atoms with Gasteiger partial charge in [0.2, 0.25) is 5.91 Å². The Kier molecular flexibility index (Phi) is 8.92. The number of amides is 1. The number of primary amides is 1. The van der Waals surface area contributed by atoms with E-state index in [2.05, 4.69) is 24.1 Å². The minimum atomic E-state index is -0.830. The molecular weight excluding hydrogens is 246 g/mol. The number of rotatable bonds is 11. The Bertz CT molecular complexity index is 256. The van der Waals surface area contributed by atoms with E-state index in [0.29, 0.717) is 13.0 Å². The Hall–Kier alpha value is -0.690. The first kappa shape index (κ1) is 18.3. The van der Waals surface area contributed by atoms with Gasteiger partial charge in [0, 0.05) is 33.7 Å². The van der Waals surface area contributed by atoms with Crippen molar-refractivity contribution in [2.75, 3.05) is 40.4 Å². The fourth-order valence-corrected chi connectivity index (χ4v) is 1.89. The van der Waals surface area contributed by atoms with Gasteiger partial charge in [-0.1, -0.05) is 13.8 Å². The zero-order valence-corrected chi connectivity index (χ0v) is 12.9. The molecule has 0 fully saturated rings. The van der Waals surface area contributed by atoms with Crippen molar-refractivity contribution in [3.05, 3.63) is 0 Å². The second-order valence-corrected chi connectivity index (χ2v) is 4.76. The molecule has 114 valence electrons. The van der Waals surface area contributed by atoms with Crippen molar-refractivity contribution >= 4 is 5.91 Å². The summed E-state index contributed by atoms with van der Waals surface area (Å²) in [4.78, 5) is 13.9. The Morgan fingerprint density at radius 3 is 2.21 bits per heavy atom. The highest BCUT2D eigenvalue weighted by atomic mass is 16.7. The lowest BCUT2D eigenvalue weighted by Crippen LogP contribution is -2.56. The average Bonchev–Trinajstić information content (AvgIpc) is 2.40. The van der Waals surface area contributed by atoms with Gasteiger partial charge < -0.3 is 25.4 Å². The van der Waals surface area contributed by atoms with E-state index in [1.54, 1.807) is 21.1 Å². The van der Waals surface area contributed by atoms with Gasteiger partial charge in [0.15, 0.2) is 6.29 Å². The molecule has 0 radical (unpaired) electrons. The molecule has 0 saturated heterocycles. The first-order chi connectivity index (χ1) is 8.93. The third-order valence-corrected chi connectivity index (χ3v) is 3.48. The summed E-state index contributed by atoms with van der Waals surface area (Å²) in [6.07, 6.45) is -0.0634. The summed E-state index contributed by atoms with van der Waals surface area (Å²) in [5.41, 5.74) is 4.65. The summed E-state index contributed by atoms with van der Waals surface area (Å²) < 4.78 is 10.3. The van der Waals surface area contributed by atoms with Gasteiger partial charge in [0.05, 0.1) is 5.54 Å². The molecule has 0 saturated carbocycles. The maximum Gasteiger partial charge on any atom is 0.237 e. The fraction of sp³-hybridized carbons (Fsp3) is 0.923. The number of ether oxygens (including phenoxy) is 2. The summed E-state index contributed by atoms with van der Waals surface area (Å²) in [7, 11) is 3.09. The number of hydrogen-bond acceptors (Lipinski definition) is 5. The number of methoxy groups -OCH3 is 2. The van der Waals surface area contributed by atoms with Crippen LogP contribution in [0, 0.1) is 0 Å². The largest absolute Gasteiger partial charge is 0.368 e. The van der Waals surface area contributed by atoms with Crippen molar-refractivity contribution in [1.29, 1.82) is 0 Å². The zero-order chi connectivity index (χ0) is 14.9. The molecule has 0 aliphatic heterocycles. The van der Waals surface area contributed by atoms with Crippen molar-refractivity contribution in [2.24, 2.45) is 5.73 Å². The Morgan fingerprint density at radius 2 is 1.84 bits per heavy atom. The molecule has 0 aliphatic rings. The molecular formula is C13H29N3O3. The minimum Gasteiger partial charge on any atom is -0.368 e. The van der Waals surface area contributed by atoms with Crippen LogP contribution in [0.4, 0.5) is 0 Å². The molecule has 0 rings (SSSR count). The van der Waals surface area contributed by atoms with Crippen LogP contribution in [-0.4, -0.2) is 63.0 Å². The molecule has 0 spiro atoms. The Balaban J connectivity index is 4.42. The highest BCUT2D eigenvalue weighted by Gasteiger charge is 2.33. The van der Waals surface area contributed by atoms with Gasteiger partial charge in [-0.15, -0.1) is 0 Å². The van der Waals surface area contributed by atoms with Gasteiger partial charge >= 0.3 is 0 Å². The molecule has 0 aromatic heterocycles. The number of likely N-dealkylation sites (N-methyl/N-ethyl adjacent to an activating group) is 1. The maximum atomic E-state index is 11.6. The summed E-state index contributed by atoms with van der Waals surface area (Å²) in [5.74, 6) is -0.397.